The van der Waals surface area contributed by atoms with Crippen molar-refractivity contribution in [2.24, 2.45) is 0 Å². The fourth-order valence-corrected chi connectivity index (χ4v) is 3.46. The molecule has 8 heteroatoms. The number of hydrogen-bond acceptors (Lipinski definition) is 4. The van der Waals surface area contributed by atoms with Gasteiger partial charge >= 0.3 is 0 Å². The number of amides is 2. The van der Waals surface area contributed by atoms with E-state index < -0.39 is 11.6 Å². The number of carbonyl (C=O) groups is 2. The summed E-state index contributed by atoms with van der Waals surface area (Å²) in [6.07, 6.45) is 1.81. The van der Waals surface area contributed by atoms with Crippen molar-refractivity contribution in [3.63, 3.8) is 0 Å². The van der Waals surface area contributed by atoms with Crippen molar-refractivity contribution in [3.05, 3.63) is 29.3 Å². The van der Waals surface area contributed by atoms with Crippen LogP contribution in [0.5, 0.6) is 0 Å². The van der Waals surface area contributed by atoms with Crippen molar-refractivity contribution in [1.82, 2.24) is 10.6 Å². The number of carbonyl (C=O) groups excluding carboxylic acids is 2. The van der Waals surface area contributed by atoms with Crippen molar-refractivity contribution in [2.75, 3.05) is 31.6 Å². The molecular weight excluding hydrogens is 365 g/mol. The Morgan fingerprint density at radius 1 is 1.32 bits per heavy atom. The highest BCUT2D eigenvalue weighted by atomic mass is 35.5. The highest BCUT2D eigenvalue weighted by Crippen LogP contribution is 2.26. The third kappa shape index (κ3) is 4.08. The topological polar surface area (TPSA) is 70.7 Å². The number of benzene rings is 1. The van der Waals surface area contributed by atoms with Gasteiger partial charge in [0.25, 0.3) is 5.91 Å². The third-order valence-corrected chi connectivity index (χ3v) is 5.12. The molecule has 0 aromatic heterocycles. The summed E-state index contributed by atoms with van der Waals surface area (Å²) >= 11 is 5.89. The fraction of sp³-hybridized carbons (Fsp3) is 0.529. The lowest BCUT2D eigenvalue weighted by atomic mass is 9.90. The van der Waals surface area contributed by atoms with E-state index in [1.807, 2.05) is 12.1 Å². The van der Waals surface area contributed by atoms with E-state index in [4.69, 9.17) is 16.3 Å². The Balaban J connectivity index is 0.00000225. The molecule has 2 aliphatic heterocycles. The Morgan fingerprint density at radius 3 is 2.56 bits per heavy atom. The summed E-state index contributed by atoms with van der Waals surface area (Å²) in [5.41, 5.74) is -0.0383. The van der Waals surface area contributed by atoms with Crippen molar-refractivity contribution in [2.45, 2.75) is 30.9 Å². The highest BCUT2D eigenvalue weighted by molar-refractivity contribution is 6.30. The molecule has 2 fully saturated rings. The number of hydrogen-bond donors (Lipinski definition) is 2. The van der Waals surface area contributed by atoms with Gasteiger partial charge in [-0.2, -0.15) is 0 Å². The number of nitrogens with zero attached hydrogens (tertiary/aromatic N) is 1. The molecule has 138 valence electrons. The second-order valence-electron chi connectivity index (χ2n) is 6.23. The number of rotatable bonds is 4. The maximum Gasteiger partial charge on any atom is 0.252 e. The third-order valence-electron chi connectivity index (χ3n) is 4.86. The molecule has 2 saturated heterocycles. The first kappa shape index (κ1) is 20.0. The van der Waals surface area contributed by atoms with Crippen LogP contribution in [-0.4, -0.2) is 50.2 Å². The van der Waals surface area contributed by atoms with E-state index in [9.17, 15) is 9.59 Å². The number of anilines is 1. The maximum absolute atomic E-state index is 12.7. The molecule has 1 aromatic carbocycles. The summed E-state index contributed by atoms with van der Waals surface area (Å²) in [5.74, 6) is -0.284. The van der Waals surface area contributed by atoms with Crippen LogP contribution < -0.4 is 15.5 Å². The zero-order chi connectivity index (χ0) is 17.2. The van der Waals surface area contributed by atoms with Crippen LogP contribution in [0.2, 0.25) is 5.02 Å². The predicted molar refractivity (Wildman–Crippen MR) is 99.4 cm³/mol. The molecule has 6 nitrogen and oxygen atoms in total. The lowest BCUT2D eigenvalue weighted by molar-refractivity contribution is -0.148. The van der Waals surface area contributed by atoms with Gasteiger partial charge < -0.3 is 20.3 Å². The molecule has 2 aliphatic rings. The summed E-state index contributed by atoms with van der Waals surface area (Å²) in [7, 11) is 1.56. The Labute approximate surface area is 158 Å². The van der Waals surface area contributed by atoms with E-state index in [0.29, 0.717) is 30.8 Å². The van der Waals surface area contributed by atoms with Gasteiger partial charge in [-0.1, -0.05) is 11.6 Å². The van der Waals surface area contributed by atoms with Crippen LogP contribution in [0.15, 0.2) is 24.3 Å². The Hall–Kier alpha value is -1.34. The lowest BCUT2D eigenvalue weighted by Gasteiger charge is -2.35. The van der Waals surface area contributed by atoms with Crippen molar-refractivity contribution in [3.8, 4) is 0 Å². The maximum atomic E-state index is 12.7. The van der Waals surface area contributed by atoms with Crippen LogP contribution >= 0.6 is 24.0 Å². The normalized spacial score (nSPS) is 22.4. The first-order valence-corrected chi connectivity index (χ1v) is 8.57. The first-order chi connectivity index (χ1) is 11.6. The van der Waals surface area contributed by atoms with Gasteiger partial charge in [-0.15, -0.1) is 12.4 Å². The average molecular weight is 388 g/mol. The summed E-state index contributed by atoms with van der Waals surface area (Å²) in [5, 5.41) is 6.74. The Morgan fingerprint density at radius 2 is 1.96 bits per heavy atom. The largest absolute Gasteiger partial charge is 0.368 e. The predicted octanol–water partition coefficient (Wildman–Crippen LogP) is 1.75. The SMILES string of the molecule is COC1(C(=O)NC2CCN(c3ccc(Cl)cc3)C2=O)CCNCC1.Cl. The first-order valence-electron chi connectivity index (χ1n) is 8.19. The molecule has 0 saturated carbocycles. The number of halogens is 2. The molecule has 1 atom stereocenters. The van der Waals surface area contributed by atoms with E-state index in [1.54, 1.807) is 24.1 Å². The minimum Gasteiger partial charge on any atom is -0.368 e. The lowest BCUT2D eigenvalue weighted by Crippen LogP contribution is -2.57. The molecule has 0 spiro atoms. The van der Waals surface area contributed by atoms with Crippen LogP contribution in [0, 0.1) is 0 Å². The molecule has 0 bridgehead atoms. The number of piperidine rings is 1. The van der Waals surface area contributed by atoms with Crippen LogP contribution in [0.4, 0.5) is 5.69 Å². The van der Waals surface area contributed by atoms with Gasteiger partial charge in [0.1, 0.15) is 11.6 Å². The zero-order valence-electron chi connectivity index (χ0n) is 14.1. The number of ether oxygens (including phenoxy) is 1. The molecule has 25 heavy (non-hydrogen) atoms. The van der Waals surface area contributed by atoms with Gasteiger partial charge in [-0.05, 0) is 56.6 Å². The van der Waals surface area contributed by atoms with Crippen molar-refractivity contribution in [1.29, 1.82) is 0 Å². The van der Waals surface area contributed by atoms with Crippen LogP contribution in [-0.2, 0) is 14.3 Å². The quantitative estimate of drug-likeness (QED) is 0.825. The number of methoxy groups -OCH3 is 1. The minimum absolute atomic E-state index is 0. The molecule has 0 aliphatic carbocycles. The van der Waals surface area contributed by atoms with Gasteiger partial charge in [-0.25, -0.2) is 0 Å². The summed E-state index contributed by atoms with van der Waals surface area (Å²) in [4.78, 5) is 27.0. The molecule has 1 aromatic rings. The van der Waals surface area contributed by atoms with E-state index in [-0.39, 0.29) is 24.2 Å². The van der Waals surface area contributed by atoms with Gasteiger partial charge in [0.2, 0.25) is 5.91 Å². The van der Waals surface area contributed by atoms with E-state index in [2.05, 4.69) is 10.6 Å². The molecule has 2 N–H and O–H groups in total. The summed E-state index contributed by atoms with van der Waals surface area (Å²) in [6.45, 7) is 2.04. The van der Waals surface area contributed by atoms with E-state index >= 15 is 0 Å². The summed E-state index contributed by atoms with van der Waals surface area (Å²) < 4.78 is 5.52. The van der Waals surface area contributed by atoms with E-state index in [1.165, 1.54) is 0 Å². The van der Waals surface area contributed by atoms with Crippen LogP contribution in [0.25, 0.3) is 0 Å². The Bertz CT molecular complexity index is 618. The molecule has 2 heterocycles. The molecule has 3 rings (SSSR count). The number of nitrogens with one attached hydrogen (secondary N) is 2. The van der Waals surface area contributed by atoms with E-state index in [0.717, 1.165) is 18.8 Å². The second-order valence-corrected chi connectivity index (χ2v) is 6.67. The minimum atomic E-state index is -0.834. The van der Waals surface area contributed by atoms with Crippen LogP contribution in [0.3, 0.4) is 0 Å². The van der Waals surface area contributed by atoms with Gasteiger partial charge in [0.15, 0.2) is 0 Å². The highest BCUT2D eigenvalue weighted by Gasteiger charge is 2.43. The Kier molecular flexibility index (Phi) is 6.68. The van der Waals surface area contributed by atoms with Gasteiger partial charge in [0, 0.05) is 24.4 Å². The molecule has 0 radical (unpaired) electrons. The van der Waals surface area contributed by atoms with Gasteiger partial charge in [-0.3, -0.25) is 9.59 Å². The summed E-state index contributed by atoms with van der Waals surface area (Å²) in [6, 6.07) is 6.63. The smallest absolute Gasteiger partial charge is 0.252 e. The molecule has 1 unspecified atom stereocenters. The zero-order valence-corrected chi connectivity index (χ0v) is 15.7. The standard InChI is InChI=1S/C17H22ClN3O3.ClH/c1-24-17(7-9-19-10-8-17)16(23)20-14-6-11-21(15(14)22)13-4-2-12(18)3-5-13;/h2-5,14,19H,6-11H2,1H3,(H,20,23);1H. The van der Waals surface area contributed by atoms with Crippen LogP contribution in [0.1, 0.15) is 19.3 Å². The molecule has 2 amide bonds. The molecular formula is C17H23Cl2N3O3. The monoisotopic (exact) mass is 387 g/mol. The van der Waals surface area contributed by atoms with Crippen molar-refractivity contribution < 1.29 is 14.3 Å². The second kappa shape index (κ2) is 8.36. The van der Waals surface area contributed by atoms with Crippen molar-refractivity contribution >= 4 is 41.5 Å². The van der Waals surface area contributed by atoms with Gasteiger partial charge in [0.05, 0.1) is 0 Å². The fourth-order valence-electron chi connectivity index (χ4n) is 3.34. The average Bonchev–Trinajstić information content (AvgIpc) is 2.97.